The summed E-state index contributed by atoms with van der Waals surface area (Å²) in [6.45, 7) is 7.08. The predicted molar refractivity (Wildman–Crippen MR) is 233 cm³/mol. The molecule has 318 valence electrons. The Kier molecular flexibility index (Phi) is 14.2. The Morgan fingerprint density at radius 3 is 2.24 bits per heavy atom. The van der Waals surface area contributed by atoms with Crippen LogP contribution >= 0.6 is 0 Å². The van der Waals surface area contributed by atoms with Crippen molar-refractivity contribution < 1.29 is 42.1 Å². The summed E-state index contributed by atoms with van der Waals surface area (Å²) >= 11 is 0. The van der Waals surface area contributed by atoms with E-state index in [9.17, 15) is 23.3 Å². The van der Waals surface area contributed by atoms with Crippen molar-refractivity contribution >= 4 is 27.6 Å². The lowest BCUT2D eigenvalue weighted by molar-refractivity contribution is -0.141. The van der Waals surface area contributed by atoms with E-state index in [1.165, 1.54) is 26.3 Å². The molecule has 1 aliphatic rings. The summed E-state index contributed by atoms with van der Waals surface area (Å²) in [4.78, 5) is 31.7. The normalized spacial score (nSPS) is 12.5. The van der Waals surface area contributed by atoms with Crippen LogP contribution in [-0.2, 0) is 38.9 Å². The molecule has 5 aromatic carbocycles. The number of aliphatic carboxylic acids is 1. The van der Waals surface area contributed by atoms with Gasteiger partial charge in [0.25, 0.3) is 15.9 Å². The molecule has 0 radical (unpaired) electrons. The Bertz CT molecular complexity index is 2730. The first-order valence-corrected chi connectivity index (χ1v) is 21.2. The Morgan fingerprint density at radius 2 is 1.55 bits per heavy atom. The number of carbonyl (C=O) groups excluding carboxylic acids is 1. The third kappa shape index (κ3) is 10.9. The topological polar surface area (TPSA) is 187 Å². The molecule has 1 aromatic heterocycles. The highest BCUT2D eigenvalue weighted by atomic mass is 32.2. The summed E-state index contributed by atoms with van der Waals surface area (Å²) in [7, 11) is -2.60. The van der Waals surface area contributed by atoms with Crippen molar-refractivity contribution in [2.75, 3.05) is 18.6 Å². The molecule has 0 fully saturated rings. The van der Waals surface area contributed by atoms with E-state index in [2.05, 4.69) is 20.8 Å². The number of aryl methyl sites for hydroxylation is 4. The highest BCUT2D eigenvalue weighted by Gasteiger charge is 2.24. The number of nitrogens with one attached hydrogen (secondary N) is 1. The number of anilines is 1. The Labute approximate surface area is 361 Å². The maximum absolute atomic E-state index is 13.1. The lowest BCUT2D eigenvalue weighted by Gasteiger charge is -2.20. The van der Waals surface area contributed by atoms with Crippen LogP contribution in [-0.4, -0.2) is 49.1 Å². The van der Waals surface area contributed by atoms with Crippen molar-refractivity contribution in [3.8, 4) is 40.3 Å². The van der Waals surface area contributed by atoms with Crippen LogP contribution in [0, 0.1) is 31.1 Å². The molecule has 14 heteroatoms. The molecule has 62 heavy (non-hydrogen) atoms. The largest absolute Gasteiger partial charge is 0.481 e. The van der Waals surface area contributed by atoms with Crippen LogP contribution < -0.4 is 23.7 Å². The SMILES string of the molecule is CC(=O)[C@@H](Oc1cc(CCc2ccc3c(c2)OCO3)ccc1C#N)c1ccccc1C.COc1nc(C)cnc1NS(=O)(=O)c1ccccc1-c1ccc(CC(C)C(=O)O)cc1. The Morgan fingerprint density at radius 1 is 0.887 bits per heavy atom. The molecule has 0 aliphatic carbocycles. The number of fused-ring (bicyclic) bond motifs is 1. The fraction of sp³-hybridized carbons (Fsp3) is 0.229. The zero-order chi connectivity index (χ0) is 44.4. The highest BCUT2D eigenvalue weighted by molar-refractivity contribution is 7.92. The number of rotatable bonds is 15. The second kappa shape index (κ2) is 19.9. The molecule has 0 saturated heterocycles. The monoisotopic (exact) mass is 854 g/mol. The smallest absolute Gasteiger partial charge is 0.306 e. The van der Waals surface area contributed by atoms with Gasteiger partial charge in [-0.15, -0.1) is 0 Å². The highest BCUT2D eigenvalue weighted by Crippen LogP contribution is 2.34. The molecular weight excluding hydrogens is 809 g/mol. The van der Waals surface area contributed by atoms with Crippen molar-refractivity contribution in [1.29, 1.82) is 5.26 Å². The first-order valence-electron chi connectivity index (χ1n) is 19.7. The summed E-state index contributed by atoms with van der Waals surface area (Å²) in [5.74, 6) is 0.569. The Balaban J connectivity index is 0.000000207. The molecule has 0 amide bonds. The third-order valence-electron chi connectivity index (χ3n) is 10.1. The number of sulfonamides is 1. The van der Waals surface area contributed by atoms with Crippen LogP contribution in [0.1, 0.15) is 59.0 Å². The van der Waals surface area contributed by atoms with Crippen LogP contribution in [0.2, 0.25) is 0 Å². The molecule has 0 saturated carbocycles. The number of carbonyl (C=O) groups is 2. The Hall–Kier alpha value is -7.24. The van der Waals surface area contributed by atoms with Gasteiger partial charge >= 0.3 is 5.97 Å². The standard InChI is InChI=1S/C26H23NO4.C22H23N3O5S/c1-17-5-3-4-6-22(17)26(18(2)28)31-24-13-19(9-11-21(24)15-27)7-8-20-10-12-23-25(14-20)30-16-29-23;1-14(22(26)27)12-16-8-10-17(11-9-16)18-6-4-5-7-19(18)31(28,29)25-20-21(30-3)24-15(2)13-23-20/h3-6,9-14,26H,7-8,16H2,1-2H3;4-11,13-14H,12H2,1-3H3,(H,23,25)(H,26,27)/t26-;/m1./s1. The van der Waals surface area contributed by atoms with E-state index in [4.69, 9.17) is 24.1 Å². The molecule has 2 atom stereocenters. The fourth-order valence-electron chi connectivity index (χ4n) is 6.72. The van der Waals surface area contributed by atoms with E-state index in [1.54, 1.807) is 62.4 Å². The van der Waals surface area contributed by atoms with E-state index >= 15 is 0 Å². The number of hydrogen-bond acceptors (Lipinski definition) is 11. The molecule has 7 rings (SSSR count). The van der Waals surface area contributed by atoms with E-state index in [0.717, 1.165) is 52.2 Å². The van der Waals surface area contributed by atoms with Gasteiger partial charge < -0.3 is 24.1 Å². The molecule has 2 heterocycles. The van der Waals surface area contributed by atoms with Gasteiger partial charge in [-0.2, -0.15) is 5.26 Å². The number of methoxy groups -OCH3 is 1. The predicted octanol–water partition coefficient (Wildman–Crippen LogP) is 8.61. The minimum atomic E-state index is -3.99. The molecule has 6 aromatic rings. The van der Waals surface area contributed by atoms with Crippen molar-refractivity contribution in [2.45, 2.75) is 58.0 Å². The van der Waals surface area contributed by atoms with Crippen molar-refractivity contribution in [1.82, 2.24) is 9.97 Å². The zero-order valence-corrected chi connectivity index (χ0v) is 35.7. The van der Waals surface area contributed by atoms with E-state index in [1.807, 2.05) is 61.5 Å². The number of nitrogens with zero attached hydrogens (tertiary/aromatic N) is 3. The van der Waals surface area contributed by atoms with Gasteiger partial charge in [-0.05, 0) is 98.2 Å². The minimum Gasteiger partial charge on any atom is -0.481 e. The number of Topliss-reactive ketones (excluding diaryl/α,β-unsaturated/α-hetero) is 1. The van der Waals surface area contributed by atoms with Gasteiger partial charge in [-0.25, -0.2) is 18.4 Å². The molecule has 13 nitrogen and oxygen atoms in total. The lowest BCUT2D eigenvalue weighted by Crippen LogP contribution is -2.17. The maximum atomic E-state index is 13.1. The number of nitriles is 1. The van der Waals surface area contributed by atoms with Crippen LogP contribution in [0.3, 0.4) is 0 Å². The molecule has 1 unspecified atom stereocenters. The average molecular weight is 855 g/mol. The maximum Gasteiger partial charge on any atom is 0.306 e. The summed E-state index contributed by atoms with van der Waals surface area (Å²) < 4.78 is 50.8. The van der Waals surface area contributed by atoms with Crippen LogP contribution in [0.5, 0.6) is 23.1 Å². The second-order valence-corrected chi connectivity index (χ2v) is 16.4. The van der Waals surface area contributed by atoms with Crippen LogP contribution in [0.4, 0.5) is 5.82 Å². The lowest BCUT2D eigenvalue weighted by atomic mass is 9.98. The quantitative estimate of drug-likeness (QED) is 0.100. The molecular formula is C48H46N4O9S. The van der Waals surface area contributed by atoms with Gasteiger partial charge in [-0.3, -0.25) is 14.3 Å². The fourth-order valence-corrected chi connectivity index (χ4v) is 7.96. The van der Waals surface area contributed by atoms with Crippen molar-refractivity contribution in [2.24, 2.45) is 5.92 Å². The first-order chi connectivity index (χ1) is 29.8. The van der Waals surface area contributed by atoms with Crippen molar-refractivity contribution in [3.63, 3.8) is 0 Å². The third-order valence-corrected chi connectivity index (χ3v) is 11.5. The number of aromatic nitrogens is 2. The number of ketones is 1. The summed E-state index contributed by atoms with van der Waals surface area (Å²) in [5, 5.41) is 18.6. The number of ether oxygens (including phenoxy) is 4. The van der Waals surface area contributed by atoms with E-state index in [-0.39, 0.29) is 29.2 Å². The van der Waals surface area contributed by atoms with Gasteiger partial charge in [0, 0.05) is 11.1 Å². The van der Waals surface area contributed by atoms with Gasteiger partial charge in [0.1, 0.15) is 11.8 Å². The molecule has 0 spiro atoms. The first kappa shape index (κ1) is 44.3. The van der Waals surface area contributed by atoms with Gasteiger partial charge in [0.2, 0.25) is 12.6 Å². The summed E-state index contributed by atoms with van der Waals surface area (Å²) in [5.41, 5.74) is 7.00. The molecule has 0 bridgehead atoms. The zero-order valence-electron chi connectivity index (χ0n) is 34.9. The summed E-state index contributed by atoms with van der Waals surface area (Å²) in [6, 6.07) is 35.1. The molecule has 2 N–H and O–H groups in total. The number of hydrogen-bond donors (Lipinski definition) is 2. The number of carboxylic acid groups (broad SMARTS) is 1. The average Bonchev–Trinajstić information content (AvgIpc) is 3.74. The van der Waals surface area contributed by atoms with Gasteiger partial charge in [0.05, 0.1) is 35.4 Å². The van der Waals surface area contributed by atoms with Crippen molar-refractivity contribution in [3.05, 3.63) is 154 Å². The van der Waals surface area contributed by atoms with Gasteiger partial charge in [0.15, 0.2) is 23.4 Å². The second-order valence-electron chi connectivity index (χ2n) is 14.7. The molecule has 1 aliphatic heterocycles. The van der Waals surface area contributed by atoms with Crippen LogP contribution in [0.15, 0.2) is 120 Å². The summed E-state index contributed by atoms with van der Waals surface area (Å²) in [6.07, 6.45) is 2.65. The van der Waals surface area contributed by atoms with Gasteiger partial charge in [-0.1, -0.05) is 85.8 Å². The minimum absolute atomic E-state index is 0.000842. The van der Waals surface area contributed by atoms with E-state index in [0.29, 0.717) is 34.6 Å². The number of carboxylic acids is 1. The van der Waals surface area contributed by atoms with Crippen LogP contribution in [0.25, 0.3) is 11.1 Å². The number of benzene rings is 5. The van der Waals surface area contributed by atoms with E-state index < -0.39 is 28.0 Å².